The molecular formula is C11H19N3O4. The summed E-state index contributed by atoms with van der Waals surface area (Å²) in [7, 11) is 0. The molecule has 3 amide bonds. The number of carbonyl (C=O) groups is 3. The second-order valence-corrected chi connectivity index (χ2v) is 4.17. The summed E-state index contributed by atoms with van der Waals surface area (Å²) in [5.41, 5.74) is 4.83. The number of urea groups is 1. The Labute approximate surface area is 106 Å². The van der Waals surface area contributed by atoms with Gasteiger partial charge in [-0.3, -0.25) is 19.8 Å². The highest BCUT2D eigenvalue weighted by Crippen LogP contribution is 2.26. The summed E-state index contributed by atoms with van der Waals surface area (Å²) < 4.78 is 4.87. The van der Waals surface area contributed by atoms with Crippen LogP contribution in [0.5, 0.6) is 0 Å². The molecule has 0 radical (unpaired) electrons. The molecule has 1 aliphatic carbocycles. The maximum absolute atomic E-state index is 11.4. The van der Waals surface area contributed by atoms with Crippen LogP contribution in [0.1, 0.15) is 26.2 Å². The molecule has 7 nitrogen and oxygen atoms in total. The van der Waals surface area contributed by atoms with Gasteiger partial charge in [0.05, 0.1) is 13.2 Å². The molecule has 0 heterocycles. The molecule has 1 aliphatic rings. The lowest BCUT2D eigenvalue weighted by atomic mass is 10.3. The van der Waals surface area contributed by atoms with Crippen LogP contribution in [0.3, 0.4) is 0 Å². The predicted molar refractivity (Wildman–Crippen MR) is 63.6 cm³/mol. The standard InChI is InChI=1S/C11H19N3O4/c1-2-18-10(16)7-14(8-3-4-8)6-5-9(15)13-11(12)17/h8H,2-7H2,1H3,(H3,12,13,15,17). The lowest BCUT2D eigenvalue weighted by Crippen LogP contribution is -2.39. The van der Waals surface area contributed by atoms with E-state index in [1.165, 1.54) is 0 Å². The van der Waals surface area contributed by atoms with Gasteiger partial charge in [0, 0.05) is 19.0 Å². The quantitative estimate of drug-likeness (QED) is 0.604. The van der Waals surface area contributed by atoms with Crippen molar-refractivity contribution in [1.29, 1.82) is 0 Å². The highest BCUT2D eigenvalue weighted by Gasteiger charge is 2.30. The van der Waals surface area contributed by atoms with E-state index in [-0.39, 0.29) is 18.9 Å². The Morgan fingerprint density at radius 3 is 2.56 bits per heavy atom. The van der Waals surface area contributed by atoms with Gasteiger partial charge in [0.2, 0.25) is 5.91 Å². The average molecular weight is 257 g/mol. The summed E-state index contributed by atoms with van der Waals surface area (Å²) >= 11 is 0. The zero-order valence-electron chi connectivity index (χ0n) is 10.5. The zero-order chi connectivity index (χ0) is 13.5. The number of imide groups is 1. The van der Waals surface area contributed by atoms with Gasteiger partial charge in [0.15, 0.2) is 0 Å². The second-order valence-electron chi connectivity index (χ2n) is 4.17. The van der Waals surface area contributed by atoms with E-state index in [2.05, 4.69) is 0 Å². The summed E-state index contributed by atoms with van der Waals surface area (Å²) in [4.78, 5) is 35.0. The van der Waals surface area contributed by atoms with Crippen molar-refractivity contribution in [2.45, 2.75) is 32.2 Å². The van der Waals surface area contributed by atoms with E-state index >= 15 is 0 Å². The molecule has 0 aromatic heterocycles. The Bertz CT molecular complexity index is 328. The molecule has 0 aromatic rings. The Morgan fingerprint density at radius 2 is 2.06 bits per heavy atom. The fourth-order valence-corrected chi connectivity index (χ4v) is 1.65. The SMILES string of the molecule is CCOC(=O)CN(CCC(=O)NC(N)=O)C1CC1. The third kappa shape index (κ3) is 5.62. The van der Waals surface area contributed by atoms with E-state index in [1.54, 1.807) is 6.92 Å². The fourth-order valence-electron chi connectivity index (χ4n) is 1.65. The van der Waals surface area contributed by atoms with Crippen LogP contribution in [0.15, 0.2) is 0 Å². The maximum atomic E-state index is 11.4. The van der Waals surface area contributed by atoms with Crippen molar-refractivity contribution in [2.24, 2.45) is 5.73 Å². The molecule has 18 heavy (non-hydrogen) atoms. The molecule has 1 saturated carbocycles. The van der Waals surface area contributed by atoms with Gasteiger partial charge in [0.25, 0.3) is 0 Å². The number of hydrogen-bond donors (Lipinski definition) is 2. The van der Waals surface area contributed by atoms with E-state index in [9.17, 15) is 14.4 Å². The molecule has 0 unspecified atom stereocenters. The van der Waals surface area contributed by atoms with Crippen LogP contribution >= 0.6 is 0 Å². The third-order valence-electron chi connectivity index (χ3n) is 2.59. The summed E-state index contributed by atoms with van der Waals surface area (Å²) in [6, 6.07) is -0.515. The number of nitrogens with two attached hydrogens (primary N) is 1. The van der Waals surface area contributed by atoms with Crippen molar-refractivity contribution >= 4 is 17.9 Å². The summed E-state index contributed by atoms with van der Waals surface area (Å²) in [6.45, 7) is 2.70. The molecule has 0 aliphatic heterocycles. The minimum absolute atomic E-state index is 0.138. The van der Waals surface area contributed by atoms with Crippen molar-refractivity contribution < 1.29 is 19.1 Å². The van der Waals surface area contributed by atoms with Crippen LogP contribution in [0.2, 0.25) is 0 Å². The predicted octanol–water partition coefficient (Wildman–Crippen LogP) is -0.401. The van der Waals surface area contributed by atoms with E-state index in [4.69, 9.17) is 10.5 Å². The van der Waals surface area contributed by atoms with Gasteiger partial charge in [-0.25, -0.2) is 4.79 Å². The summed E-state index contributed by atoms with van der Waals surface area (Å²) in [5, 5.41) is 1.99. The average Bonchev–Trinajstić information content (AvgIpc) is 3.07. The van der Waals surface area contributed by atoms with Crippen LogP contribution in [0.25, 0.3) is 0 Å². The molecule has 0 spiro atoms. The first-order valence-electron chi connectivity index (χ1n) is 6.02. The number of hydrogen-bond acceptors (Lipinski definition) is 5. The first kappa shape index (κ1) is 14.4. The third-order valence-corrected chi connectivity index (χ3v) is 2.59. The monoisotopic (exact) mass is 257 g/mol. The smallest absolute Gasteiger partial charge is 0.320 e. The summed E-state index contributed by atoms with van der Waals surface area (Å²) in [6.07, 6.45) is 2.19. The second kappa shape index (κ2) is 6.95. The molecule has 102 valence electrons. The van der Waals surface area contributed by atoms with Crippen LogP contribution in [0, 0.1) is 0 Å². The number of primary amides is 1. The van der Waals surface area contributed by atoms with E-state index in [0.29, 0.717) is 19.2 Å². The Kier molecular flexibility index (Phi) is 5.57. The number of amides is 3. The molecule has 0 bridgehead atoms. The molecule has 1 fully saturated rings. The number of nitrogens with one attached hydrogen (secondary N) is 1. The minimum Gasteiger partial charge on any atom is -0.465 e. The number of nitrogens with zero attached hydrogens (tertiary/aromatic N) is 1. The lowest BCUT2D eigenvalue weighted by molar-refractivity contribution is -0.144. The lowest BCUT2D eigenvalue weighted by Gasteiger charge is -2.20. The Balaban J connectivity index is 2.32. The molecular weight excluding hydrogens is 238 g/mol. The summed E-state index contributed by atoms with van der Waals surface area (Å²) in [5.74, 6) is -0.725. The van der Waals surface area contributed by atoms with Gasteiger partial charge < -0.3 is 10.5 Å². The molecule has 0 saturated heterocycles. The Hall–Kier alpha value is -1.63. The zero-order valence-corrected chi connectivity index (χ0v) is 10.5. The van der Waals surface area contributed by atoms with Crippen molar-refractivity contribution in [3.8, 4) is 0 Å². The van der Waals surface area contributed by atoms with Gasteiger partial charge >= 0.3 is 12.0 Å². The molecule has 3 N–H and O–H groups in total. The van der Waals surface area contributed by atoms with Gasteiger partial charge in [-0.05, 0) is 19.8 Å². The largest absolute Gasteiger partial charge is 0.465 e. The minimum atomic E-state index is -0.858. The van der Waals surface area contributed by atoms with Crippen LogP contribution in [-0.2, 0) is 14.3 Å². The van der Waals surface area contributed by atoms with Gasteiger partial charge in [-0.15, -0.1) is 0 Å². The molecule has 1 rings (SSSR count). The van der Waals surface area contributed by atoms with Crippen LogP contribution in [0.4, 0.5) is 4.79 Å². The van der Waals surface area contributed by atoms with Gasteiger partial charge in [-0.2, -0.15) is 0 Å². The number of rotatable bonds is 7. The highest BCUT2D eigenvalue weighted by atomic mass is 16.5. The molecule has 7 heteroatoms. The van der Waals surface area contributed by atoms with Crippen molar-refractivity contribution in [3.63, 3.8) is 0 Å². The first-order chi connectivity index (χ1) is 8.52. The molecule has 0 atom stereocenters. The van der Waals surface area contributed by atoms with E-state index in [1.807, 2.05) is 10.2 Å². The van der Waals surface area contributed by atoms with Gasteiger partial charge in [-0.1, -0.05) is 0 Å². The molecule has 0 aromatic carbocycles. The number of ether oxygens (including phenoxy) is 1. The first-order valence-corrected chi connectivity index (χ1v) is 6.02. The number of carbonyl (C=O) groups excluding carboxylic acids is 3. The van der Waals surface area contributed by atoms with Crippen molar-refractivity contribution in [2.75, 3.05) is 19.7 Å². The van der Waals surface area contributed by atoms with E-state index < -0.39 is 11.9 Å². The van der Waals surface area contributed by atoms with Gasteiger partial charge in [0.1, 0.15) is 0 Å². The van der Waals surface area contributed by atoms with Crippen LogP contribution in [-0.4, -0.2) is 48.5 Å². The van der Waals surface area contributed by atoms with Crippen LogP contribution < -0.4 is 11.1 Å². The van der Waals surface area contributed by atoms with E-state index in [0.717, 1.165) is 12.8 Å². The maximum Gasteiger partial charge on any atom is 0.320 e. The fraction of sp³-hybridized carbons (Fsp3) is 0.727. The van der Waals surface area contributed by atoms with Crippen molar-refractivity contribution in [1.82, 2.24) is 10.2 Å². The number of esters is 1. The van der Waals surface area contributed by atoms with Crippen molar-refractivity contribution in [3.05, 3.63) is 0 Å². The Morgan fingerprint density at radius 1 is 1.39 bits per heavy atom. The highest BCUT2D eigenvalue weighted by molar-refractivity contribution is 5.93. The normalized spacial score (nSPS) is 14.3. The topological polar surface area (TPSA) is 102 Å².